The molecule has 0 atom stereocenters. The number of hydrogen-bond acceptors (Lipinski definition) is 3. The summed E-state index contributed by atoms with van der Waals surface area (Å²) >= 11 is 6.01. The molecule has 4 nitrogen and oxygen atoms in total. The Morgan fingerprint density at radius 1 is 1.36 bits per heavy atom. The zero-order chi connectivity index (χ0) is 16.0. The van der Waals surface area contributed by atoms with Gasteiger partial charge in [-0.2, -0.15) is 0 Å². The van der Waals surface area contributed by atoms with Crippen LogP contribution in [0.5, 0.6) is 0 Å². The van der Waals surface area contributed by atoms with E-state index in [0.717, 1.165) is 38.3 Å². The molecule has 2 N–H and O–H groups in total. The van der Waals surface area contributed by atoms with Crippen molar-refractivity contribution in [2.45, 2.75) is 20.3 Å². The Hall–Kier alpha value is -1.10. The molecule has 1 aromatic rings. The van der Waals surface area contributed by atoms with Crippen LogP contribution >= 0.6 is 11.6 Å². The third kappa shape index (κ3) is 5.27. The highest BCUT2D eigenvalue weighted by molar-refractivity contribution is 6.30. The summed E-state index contributed by atoms with van der Waals surface area (Å²) in [5, 5.41) is 7.12. The first-order valence-electron chi connectivity index (χ1n) is 7.93. The Morgan fingerprint density at radius 3 is 2.77 bits per heavy atom. The molecule has 122 valence electrons. The molecule has 5 heteroatoms. The molecule has 0 bridgehead atoms. The van der Waals surface area contributed by atoms with Gasteiger partial charge in [0, 0.05) is 49.7 Å². The molecule has 0 unspecified atom stereocenters. The summed E-state index contributed by atoms with van der Waals surface area (Å²) in [6.45, 7) is 9.77. The maximum atomic E-state index is 12.4. The van der Waals surface area contributed by atoms with Gasteiger partial charge >= 0.3 is 0 Å². The van der Waals surface area contributed by atoms with Gasteiger partial charge in [0.15, 0.2) is 0 Å². The van der Waals surface area contributed by atoms with Crippen LogP contribution in [0, 0.1) is 5.41 Å². The Balaban J connectivity index is 1.79. The zero-order valence-corrected chi connectivity index (χ0v) is 14.2. The van der Waals surface area contributed by atoms with Gasteiger partial charge in [0.25, 0.3) is 0 Å². The van der Waals surface area contributed by atoms with Crippen LogP contribution in [-0.2, 0) is 11.2 Å². The van der Waals surface area contributed by atoms with E-state index in [-0.39, 0.29) is 5.91 Å². The molecule has 0 spiro atoms. The number of nitrogens with one attached hydrogen (secondary N) is 2. The number of amides is 1. The lowest BCUT2D eigenvalue weighted by atomic mass is 9.85. The van der Waals surface area contributed by atoms with Crippen molar-refractivity contribution < 1.29 is 4.79 Å². The maximum Gasteiger partial charge on any atom is 0.226 e. The summed E-state index contributed by atoms with van der Waals surface area (Å²) in [5.74, 6) is 0.0996. The molecule has 1 fully saturated rings. The van der Waals surface area contributed by atoms with Crippen LogP contribution in [0.1, 0.15) is 19.4 Å². The smallest absolute Gasteiger partial charge is 0.226 e. The predicted molar refractivity (Wildman–Crippen MR) is 91.3 cm³/mol. The van der Waals surface area contributed by atoms with Gasteiger partial charge in [0.2, 0.25) is 5.91 Å². The quantitative estimate of drug-likeness (QED) is 0.841. The lowest BCUT2D eigenvalue weighted by molar-refractivity contribution is -0.129. The van der Waals surface area contributed by atoms with Gasteiger partial charge in [-0.1, -0.05) is 37.6 Å². The van der Waals surface area contributed by atoms with Gasteiger partial charge in [0.05, 0.1) is 0 Å². The Kier molecular flexibility index (Phi) is 6.24. The monoisotopic (exact) mass is 323 g/mol. The summed E-state index contributed by atoms with van der Waals surface area (Å²) in [6, 6.07) is 7.72. The molecule has 1 aliphatic heterocycles. The van der Waals surface area contributed by atoms with Crippen LogP contribution < -0.4 is 10.6 Å². The number of nitrogens with zero attached hydrogens (tertiary/aromatic N) is 1. The van der Waals surface area contributed by atoms with Crippen LogP contribution in [0.4, 0.5) is 0 Å². The first kappa shape index (κ1) is 17.3. The summed E-state index contributed by atoms with van der Waals surface area (Å²) < 4.78 is 0. The van der Waals surface area contributed by atoms with Crippen molar-refractivity contribution >= 4 is 17.5 Å². The number of carbonyl (C=O) groups excluding carboxylic acids is 1. The number of piperazine rings is 1. The van der Waals surface area contributed by atoms with E-state index in [1.807, 2.05) is 38.1 Å². The summed E-state index contributed by atoms with van der Waals surface area (Å²) in [4.78, 5) is 14.8. The van der Waals surface area contributed by atoms with E-state index in [2.05, 4.69) is 15.5 Å². The normalized spacial score (nSPS) is 16.5. The molecule has 1 aliphatic rings. The Morgan fingerprint density at radius 2 is 2.09 bits per heavy atom. The first-order valence-corrected chi connectivity index (χ1v) is 8.31. The van der Waals surface area contributed by atoms with E-state index < -0.39 is 5.41 Å². The summed E-state index contributed by atoms with van der Waals surface area (Å²) in [6.07, 6.45) is 0.688. The highest BCUT2D eigenvalue weighted by Gasteiger charge is 2.27. The second-order valence-electron chi connectivity index (χ2n) is 6.54. The second kappa shape index (κ2) is 7.95. The zero-order valence-electron chi connectivity index (χ0n) is 13.5. The SMILES string of the molecule is CC(C)(Cc1cccc(Cl)c1)C(=O)NCCN1CCNCC1. The highest BCUT2D eigenvalue weighted by atomic mass is 35.5. The molecule has 22 heavy (non-hydrogen) atoms. The summed E-state index contributed by atoms with van der Waals surface area (Å²) in [5.41, 5.74) is 0.656. The lowest BCUT2D eigenvalue weighted by Crippen LogP contribution is -2.47. The topological polar surface area (TPSA) is 44.4 Å². The van der Waals surface area contributed by atoms with E-state index in [0.29, 0.717) is 18.0 Å². The third-order valence-corrected chi connectivity index (χ3v) is 4.31. The van der Waals surface area contributed by atoms with Gasteiger partial charge < -0.3 is 10.6 Å². The largest absolute Gasteiger partial charge is 0.354 e. The number of hydrogen-bond donors (Lipinski definition) is 2. The fraction of sp³-hybridized carbons (Fsp3) is 0.588. The summed E-state index contributed by atoms with van der Waals surface area (Å²) in [7, 11) is 0. The average Bonchev–Trinajstić information content (AvgIpc) is 2.47. The standard InChI is InChI=1S/C17H26ClN3O/c1-17(2,13-14-4-3-5-15(18)12-14)16(22)20-8-11-21-9-6-19-7-10-21/h3-5,12,19H,6-11,13H2,1-2H3,(H,20,22). The fourth-order valence-electron chi connectivity index (χ4n) is 2.74. The number of halogens is 1. The molecule has 0 radical (unpaired) electrons. The third-order valence-electron chi connectivity index (χ3n) is 4.07. The van der Waals surface area contributed by atoms with Crippen LogP contribution in [0.25, 0.3) is 0 Å². The molecule has 1 aromatic carbocycles. The van der Waals surface area contributed by atoms with Gasteiger partial charge in [0.1, 0.15) is 0 Å². The minimum atomic E-state index is -0.436. The van der Waals surface area contributed by atoms with E-state index in [1.165, 1.54) is 0 Å². The Bertz CT molecular complexity index is 498. The van der Waals surface area contributed by atoms with Crippen LogP contribution in [0.2, 0.25) is 5.02 Å². The van der Waals surface area contributed by atoms with Crippen LogP contribution in [-0.4, -0.2) is 50.1 Å². The molecule has 0 saturated carbocycles. The molecule has 1 amide bonds. The molecule has 0 aliphatic carbocycles. The lowest BCUT2D eigenvalue weighted by Gasteiger charge is -2.28. The van der Waals surface area contributed by atoms with Gasteiger partial charge in [-0.25, -0.2) is 0 Å². The average molecular weight is 324 g/mol. The molecular weight excluding hydrogens is 298 g/mol. The number of benzene rings is 1. The molecule has 1 saturated heterocycles. The predicted octanol–water partition coefficient (Wildman–Crippen LogP) is 1.93. The van der Waals surface area contributed by atoms with Crippen molar-refractivity contribution in [3.63, 3.8) is 0 Å². The molecule has 0 aromatic heterocycles. The Labute approximate surface area is 138 Å². The van der Waals surface area contributed by atoms with Crippen LogP contribution in [0.15, 0.2) is 24.3 Å². The van der Waals surface area contributed by atoms with Gasteiger partial charge in [-0.15, -0.1) is 0 Å². The van der Waals surface area contributed by atoms with E-state index >= 15 is 0 Å². The number of rotatable bonds is 6. The van der Waals surface area contributed by atoms with Crippen molar-refractivity contribution in [2.75, 3.05) is 39.3 Å². The second-order valence-corrected chi connectivity index (χ2v) is 6.97. The van der Waals surface area contributed by atoms with Crippen molar-refractivity contribution in [1.82, 2.24) is 15.5 Å². The minimum Gasteiger partial charge on any atom is -0.354 e. The molecule has 1 heterocycles. The van der Waals surface area contributed by atoms with Crippen molar-refractivity contribution in [2.24, 2.45) is 5.41 Å². The maximum absolute atomic E-state index is 12.4. The number of carbonyl (C=O) groups is 1. The van der Waals surface area contributed by atoms with Gasteiger partial charge in [-0.3, -0.25) is 9.69 Å². The van der Waals surface area contributed by atoms with Crippen molar-refractivity contribution in [1.29, 1.82) is 0 Å². The highest BCUT2D eigenvalue weighted by Crippen LogP contribution is 2.23. The van der Waals surface area contributed by atoms with Crippen molar-refractivity contribution in [3.8, 4) is 0 Å². The molecule has 2 rings (SSSR count). The fourth-order valence-corrected chi connectivity index (χ4v) is 2.95. The first-order chi connectivity index (χ1) is 10.5. The van der Waals surface area contributed by atoms with E-state index in [1.54, 1.807) is 0 Å². The van der Waals surface area contributed by atoms with E-state index in [9.17, 15) is 4.79 Å². The van der Waals surface area contributed by atoms with E-state index in [4.69, 9.17) is 11.6 Å². The van der Waals surface area contributed by atoms with Crippen molar-refractivity contribution in [3.05, 3.63) is 34.9 Å². The van der Waals surface area contributed by atoms with Crippen LogP contribution in [0.3, 0.4) is 0 Å². The molecular formula is C17H26ClN3O. The minimum absolute atomic E-state index is 0.0996. The van der Waals surface area contributed by atoms with Gasteiger partial charge in [-0.05, 0) is 24.1 Å².